The third-order valence-electron chi connectivity index (χ3n) is 5.40. The standard InChI is InChI=1S/C25H16Cl3N5O2/c26-17-8-6-16(7-9-17)23(34)21-18(27)10-15(11-19(21)28)13-33-24-22(31-32-33)25(35)30-20(29-24)12-14-4-2-1-3-5-14/h1-11H,12-13H2,(H,29,30,35). The van der Waals surface area contributed by atoms with E-state index in [1.165, 1.54) is 4.68 Å². The number of fused-ring (bicyclic) bond motifs is 1. The van der Waals surface area contributed by atoms with E-state index in [0.29, 0.717) is 34.0 Å². The minimum atomic E-state index is -0.368. The molecule has 0 aliphatic carbocycles. The van der Waals surface area contributed by atoms with Crippen molar-refractivity contribution in [2.75, 3.05) is 0 Å². The molecule has 0 spiro atoms. The van der Waals surface area contributed by atoms with Crippen molar-refractivity contribution in [2.24, 2.45) is 0 Å². The lowest BCUT2D eigenvalue weighted by atomic mass is 10.0. The molecule has 0 atom stereocenters. The van der Waals surface area contributed by atoms with Gasteiger partial charge in [0.1, 0.15) is 5.82 Å². The summed E-state index contributed by atoms with van der Waals surface area (Å²) in [5, 5.41) is 8.99. The summed E-state index contributed by atoms with van der Waals surface area (Å²) >= 11 is 18.8. The number of ketones is 1. The van der Waals surface area contributed by atoms with Crippen LogP contribution in [0.4, 0.5) is 0 Å². The molecule has 0 amide bonds. The van der Waals surface area contributed by atoms with Gasteiger partial charge in [-0.1, -0.05) is 70.3 Å². The molecule has 2 aromatic heterocycles. The highest BCUT2D eigenvalue weighted by Crippen LogP contribution is 2.30. The third-order valence-corrected chi connectivity index (χ3v) is 6.25. The first-order chi connectivity index (χ1) is 16.9. The highest BCUT2D eigenvalue weighted by atomic mass is 35.5. The van der Waals surface area contributed by atoms with Crippen molar-refractivity contribution >= 4 is 51.7 Å². The minimum absolute atomic E-state index is 0.133. The zero-order valence-electron chi connectivity index (χ0n) is 18.0. The molecule has 0 saturated heterocycles. The number of rotatable bonds is 6. The second-order valence-corrected chi connectivity index (χ2v) is 9.12. The van der Waals surface area contributed by atoms with Gasteiger partial charge in [0.05, 0.1) is 22.2 Å². The highest BCUT2D eigenvalue weighted by molar-refractivity contribution is 6.41. The van der Waals surface area contributed by atoms with Crippen molar-refractivity contribution < 1.29 is 4.79 Å². The number of aromatic nitrogens is 5. The van der Waals surface area contributed by atoms with Gasteiger partial charge in [-0.2, -0.15) is 0 Å². The number of halogens is 3. The molecule has 5 aromatic rings. The number of H-pyrrole nitrogens is 1. The highest BCUT2D eigenvalue weighted by Gasteiger charge is 2.19. The molecular weight excluding hydrogens is 509 g/mol. The third kappa shape index (κ3) is 4.84. The van der Waals surface area contributed by atoms with Crippen LogP contribution in [-0.4, -0.2) is 30.7 Å². The molecule has 35 heavy (non-hydrogen) atoms. The van der Waals surface area contributed by atoms with Crippen LogP contribution in [0.1, 0.15) is 32.9 Å². The van der Waals surface area contributed by atoms with Crippen LogP contribution >= 0.6 is 34.8 Å². The summed E-state index contributed by atoms with van der Waals surface area (Å²) in [5.41, 5.74) is 2.40. The fourth-order valence-electron chi connectivity index (χ4n) is 3.74. The molecule has 0 aliphatic heterocycles. The van der Waals surface area contributed by atoms with E-state index in [4.69, 9.17) is 34.8 Å². The van der Waals surface area contributed by atoms with Gasteiger partial charge in [-0.15, -0.1) is 5.10 Å². The van der Waals surface area contributed by atoms with Crippen LogP contribution in [0.25, 0.3) is 11.2 Å². The number of benzene rings is 3. The molecule has 1 N–H and O–H groups in total. The van der Waals surface area contributed by atoms with Crippen LogP contribution in [0.15, 0.2) is 71.5 Å². The van der Waals surface area contributed by atoms with Crippen LogP contribution in [-0.2, 0) is 13.0 Å². The molecule has 0 unspecified atom stereocenters. The lowest BCUT2D eigenvalue weighted by Gasteiger charge is -2.10. The summed E-state index contributed by atoms with van der Waals surface area (Å²) in [6, 6.07) is 19.4. The van der Waals surface area contributed by atoms with Crippen LogP contribution < -0.4 is 5.56 Å². The van der Waals surface area contributed by atoms with Crippen molar-refractivity contribution in [1.82, 2.24) is 25.0 Å². The zero-order valence-corrected chi connectivity index (χ0v) is 20.3. The van der Waals surface area contributed by atoms with Gasteiger partial charge in [-0.3, -0.25) is 9.59 Å². The number of hydrogen-bond donors (Lipinski definition) is 1. The largest absolute Gasteiger partial charge is 0.308 e. The first-order valence-electron chi connectivity index (χ1n) is 10.5. The monoisotopic (exact) mass is 523 g/mol. The summed E-state index contributed by atoms with van der Waals surface area (Å²) in [6.07, 6.45) is 0.455. The molecule has 174 valence electrons. The molecular formula is C25H16Cl3N5O2. The maximum Gasteiger partial charge on any atom is 0.281 e. The average molecular weight is 525 g/mol. The molecule has 3 aromatic carbocycles. The van der Waals surface area contributed by atoms with E-state index in [2.05, 4.69) is 20.3 Å². The Bertz CT molecular complexity index is 1590. The summed E-state index contributed by atoms with van der Waals surface area (Å²) in [5.74, 6) is 0.186. The number of aromatic amines is 1. The summed E-state index contributed by atoms with van der Waals surface area (Å²) in [6.45, 7) is 0.201. The predicted octanol–water partition coefficient (Wildman–Crippen LogP) is 5.34. The van der Waals surface area contributed by atoms with E-state index >= 15 is 0 Å². The maximum atomic E-state index is 12.9. The van der Waals surface area contributed by atoms with Crippen molar-refractivity contribution in [2.45, 2.75) is 13.0 Å². The molecule has 0 saturated carbocycles. The van der Waals surface area contributed by atoms with Crippen LogP contribution in [0.3, 0.4) is 0 Å². The topological polar surface area (TPSA) is 93.5 Å². The van der Waals surface area contributed by atoms with Gasteiger partial charge in [-0.05, 0) is 47.5 Å². The molecule has 5 rings (SSSR count). The van der Waals surface area contributed by atoms with Gasteiger partial charge in [-0.25, -0.2) is 9.67 Å². The SMILES string of the molecule is O=C(c1ccc(Cl)cc1)c1c(Cl)cc(Cn2nnc3c(=O)[nH]c(Cc4ccccc4)nc32)cc1Cl. The predicted molar refractivity (Wildman–Crippen MR) is 136 cm³/mol. The van der Waals surface area contributed by atoms with E-state index in [0.717, 1.165) is 5.56 Å². The number of hydrogen-bond acceptors (Lipinski definition) is 5. The minimum Gasteiger partial charge on any atom is -0.308 e. The van der Waals surface area contributed by atoms with Gasteiger partial charge in [0, 0.05) is 17.0 Å². The lowest BCUT2D eigenvalue weighted by molar-refractivity contribution is 0.103. The van der Waals surface area contributed by atoms with Gasteiger partial charge < -0.3 is 4.98 Å². The van der Waals surface area contributed by atoms with Gasteiger partial charge in [0.15, 0.2) is 16.9 Å². The van der Waals surface area contributed by atoms with Crippen molar-refractivity contribution in [3.63, 3.8) is 0 Å². The van der Waals surface area contributed by atoms with Gasteiger partial charge in [0.2, 0.25) is 0 Å². The van der Waals surface area contributed by atoms with E-state index in [9.17, 15) is 9.59 Å². The Morgan fingerprint density at radius 3 is 2.29 bits per heavy atom. The molecule has 0 radical (unpaired) electrons. The second kappa shape index (κ2) is 9.62. The van der Waals surface area contributed by atoms with Crippen molar-refractivity contribution in [3.05, 3.63) is 120 Å². The van der Waals surface area contributed by atoms with E-state index in [1.807, 2.05) is 30.3 Å². The molecule has 0 fully saturated rings. The van der Waals surface area contributed by atoms with Crippen LogP contribution in [0.5, 0.6) is 0 Å². The Hall–Kier alpha value is -3.52. The van der Waals surface area contributed by atoms with Crippen LogP contribution in [0, 0.1) is 0 Å². The Morgan fingerprint density at radius 2 is 1.60 bits per heavy atom. The molecule has 7 nitrogen and oxygen atoms in total. The number of carbonyl (C=O) groups is 1. The second-order valence-electron chi connectivity index (χ2n) is 7.86. The fourth-order valence-corrected chi connectivity index (χ4v) is 4.57. The smallest absolute Gasteiger partial charge is 0.281 e. The van der Waals surface area contributed by atoms with Crippen LogP contribution in [0.2, 0.25) is 15.1 Å². The quantitative estimate of drug-likeness (QED) is 0.302. The van der Waals surface area contributed by atoms with Crippen molar-refractivity contribution in [1.29, 1.82) is 0 Å². The Labute approximate surface area is 214 Å². The normalized spacial score (nSPS) is 11.2. The number of carbonyl (C=O) groups excluding carboxylic acids is 1. The first kappa shape index (κ1) is 23.2. The number of nitrogens with one attached hydrogen (secondary N) is 1. The number of nitrogens with zero attached hydrogens (tertiary/aromatic N) is 4. The fraction of sp³-hybridized carbons (Fsp3) is 0.0800. The van der Waals surface area contributed by atoms with E-state index in [1.54, 1.807) is 36.4 Å². The molecule has 0 aliphatic rings. The summed E-state index contributed by atoms with van der Waals surface area (Å²) < 4.78 is 1.50. The zero-order chi connectivity index (χ0) is 24.5. The first-order valence-corrected chi connectivity index (χ1v) is 11.7. The van der Waals surface area contributed by atoms with Gasteiger partial charge in [0.25, 0.3) is 5.56 Å². The average Bonchev–Trinajstić information content (AvgIpc) is 3.22. The molecule has 10 heteroatoms. The Balaban J connectivity index is 1.46. The summed E-state index contributed by atoms with van der Waals surface area (Å²) in [4.78, 5) is 32.8. The maximum absolute atomic E-state index is 12.9. The van der Waals surface area contributed by atoms with Crippen molar-refractivity contribution in [3.8, 4) is 0 Å². The van der Waals surface area contributed by atoms with Gasteiger partial charge >= 0.3 is 0 Å². The molecule has 2 heterocycles. The Kier molecular flexibility index (Phi) is 6.38. The van der Waals surface area contributed by atoms with E-state index in [-0.39, 0.29) is 39.0 Å². The Morgan fingerprint density at radius 1 is 0.914 bits per heavy atom. The lowest BCUT2D eigenvalue weighted by Crippen LogP contribution is -2.14. The van der Waals surface area contributed by atoms with E-state index < -0.39 is 0 Å². The molecule has 0 bridgehead atoms. The summed E-state index contributed by atoms with van der Waals surface area (Å²) in [7, 11) is 0.